The van der Waals surface area contributed by atoms with Gasteiger partial charge in [0.2, 0.25) is 0 Å². The number of carbonyl (C=O) groups excluding carboxylic acids is 1. The summed E-state index contributed by atoms with van der Waals surface area (Å²) < 4.78 is 6.12. The van der Waals surface area contributed by atoms with Gasteiger partial charge in [-0.3, -0.25) is 9.59 Å². The molecule has 25 heavy (non-hydrogen) atoms. The predicted octanol–water partition coefficient (Wildman–Crippen LogP) is 1.62. The van der Waals surface area contributed by atoms with Crippen molar-refractivity contribution >= 4 is 17.4 Å². The van der Waals surface area contributed by atoms with Crippen LogP contribution in [0.2, 0.25) is 0 Å². The Labute approximate surface area is 149 Å². The monoisotopic (exact) mass is 359 g/mol. The number of nitrogens with zero attached hydrogens (tertiary/aromatic N) is 5. The zero-order chi connectivity index (χ0) is 17.4. The fraction of sp³-hybridized carbons (Fsp3) is 0.588. The van der Waals surface area contributed by atoms with Gasteiger partial charge in [0.1, 0.15) is 10.7 Å². The highest BCUT2D eigenvalue weighted by Gasteiger charge is 2.30. The van der Waals surface area contributed by atoms with Gasteiger partial charge in [0.05, 0.1) is 5.69 Å². The molecule has 7 nitrogen and oxygen atoms in total. The molecule has 1 fully saturated rings. The summed E-state index contributed by atoms with van der Waals surface area (Å²) >= 11 is 1.18. The summed E-state index contributed by atoms with van der Waals surface area (Å²) in [6.45, 7) is 4.29. The second-order valence-corrected chi connectivity index (χ2v) is 7.44. The van der Waals surface area contributed by atoms with Crippen molar-refractivity contribution in [3.8, 4) is 0 Å². The molecule has 4 heterocycles. The van der Waals surface area contributed by atoms with Crippen LogP contribution in [0.15, 0.2) is 10.9 Å². The van der Waals surface area contributed by atoms with Gasteiger partial charge in [-0.2, -0.15) is 4.98 Å². The van der Waals surface area contributed by atoms with Gasteiger partial charge in [0.25, 0.3) is 11.5 Å². The smallest absolute Gasteiger partial charge is 0.273 e. The van der Waals surface area contributed by atoms with E-state index in [1.54, 1.807) is 6.07 Å². The minimum atomic E-state index is -0.161. The quantitative estimate of drug-likeness (QED) is 0.832. The lowest BCUT2D eigenvalue weighted by Crippen LogP contribution is -2.40. The molecular formula is C17H21N5O2S. The summed E-state index contributed by atoms with van der Waals surface area (Å²) in [5.74, 6) is 1.11. The Balaban J connectivity index is 1.60. The summed E-state index contributed by atoms with van der Waals surface area (Å²) in [7, 11) is 0. The number of hydrogen-bond acceptors (Lipinski definition) is 6. The normalized spacial score (nSPS) is 19.9. The van der Waals surface area contributed by atoms with E-state index in [1.807, 2.05) is 11.8 Å². The van der Waals surface area contributed by atoms with Crippen LogP contribution in [0.3, 0.4) is 0 Å². The Morgan fingerprint density at radius 1 is 1.36 bits per heavy atom. The Morgan fingerprint density at radius 2 is 2.24 bits per heavy atom. The minimum absolute atomic E-state index is 0.0228. The molecule has 8 heteroatoms. The standard InChI is InChI=1S/C17H21N5O2S/c1-2-12-16(25-20-19-12)17(24)21-7-3-5-11(10-21)13-9-15(23)18-14-6-4-8-22(13)14/h9,11H,2-8,10H2,1H3/t11-/m1/s1. The lowest BCUT2D eigenvalue weighted by Gasteiger charge is -2.33. The van der Waals surface area contributed by atoms with Gasteiger partial charge < -0.3 is 9.47 Å². The zero-order valence-electron chi connectivity index (χ0n) is 14.3. The molecule has 4 rings (SSSR count). The van der Waals surface area contributed by atoms with Crippen molar-refractivity contribution in [1.29, 1.82) is 0 Å². The minimum Gasteiger partial charge on any atom is -0.337 e. The van der Waals surface area contributed by atoms with Gasteiger partial charge in [-0.25, -0.2) is 0 Å². The highest BCUT2D eigenvalue weighted by Crippen LogP contribution is 2.30. The zero-order valence-corrected chi connectivity index (χ0v) is 15.1. The third-order valence-electron chi connectivity index (χ3n) is 5.13. The first kappa shape index (κ1) is 16.4. The van der Waals surface area contributed by atoms with Crippen molar-refractivity contribution in [1.82, 2.24) is 24.0 Å². The van der Waals surface area contributed by atoms with Gasteiger partial charge >= 0.3 is 0 Å². The molecule has 1 atom stereocenters. The lowest BCUT2D eigenvalue weighted by atomic mass is 9.94. The molecule has 2 aliphatic heterocycles. The Hall–Kier alpha value is -2.09. The van der Waals surface area contributed by atoms with Crippen LogP contribution in [0.5, 0.6) is 0 Å². The highest BCUT2D eigenvalue weighted by atomic mass is 32.1. The van der Waals surface area contributed by atoms with E-state index in [0.29, 0.717) is 17.8 Å². The number of piperidine rings is 1. The molecule has 0 saturated carbocycles. The van der Waals surface area contributed by atoms with Crippen LogP contribution in [0, 0.1) is 0 Å². The number of carbonyl (C=O) groups is 1. The van der Waals surface area contributed by atoms with Crippen LogP contribution in [-0.2, 0) is 19.4 Å². The van der Waals surface area contributed by atoms with Crippen molar-refractivity contribution in [3.05, 3.63) is 38.5 Å². The molecule has 1 amide bonds. The molecule has 1 saturated heterocycles. The topological polar surface area (TPSA) is 81.0 Å². The van der Waals surface area contributed by atoms with Crippen molar-refractivity contribution in [2.45, 2.75) is 51.5 Å². The maximum Gasteiger partial charge on any atom is 0.273 e. The molecule has 2 aromatic heterocycles. The van der Waals surface area contributed by atoms with Gasteiger partial charge in [0, 0.05) is 43.7 Å². The maximum atomic E-state index is 12.9. The largest absolute Gasteiger partial charge is 0.337 e. The van der Waals surface area contributed by atoms with Crippen LogP contribution >= 0.6 is 11.5 Å². The number of fused-ring (bicyclic) bond motifs is 1. The van der Waals surface area contributed by atoms with E-state index in [4.69, 9.17) is 0 Å². The van der Waals surface area contributed by atoms with Crippen molar-refractivity contribution in [3.63, 3.8) is 0 Å². The number of amides is 1. The van der Waals surface area contributed by atoms with E-state index in [2.05, 4.69) is 19.1 Å². The molecular weight excluding hydrogens is 338 g/mol. The van der Waals surface area contributed by atoms with E-state index >= 15 is 0 Å². The number of aryl methyl sites for hydroxylation is 2. The average Bonchev–Trinajstić information content (AvgIpc) is 3.29. The van der Waals surface area contributed by atoms with Crippen LogP contribution in [0.4, 0.5) is 0 Å². The molecule has 0 spiro atoms. The summed E-state index contributed by atoms with van der Waals surface area (Å²) in [4.78, 5) is 31.5. The van der Waals surface area contributed by atoms with Crippen molar-refractivity contribution < 1.29 is 4.79 Å². The Bertz CT molecular complexity index is 859. The average molecular weight is 359 g/mol. The first-order chi connectivity index (χ1) is 12.2. The number of likely N-dealkylation sites (tertiary alicyclic amines) is 1. The Kier molecular flexibility index (Phi) is 4.37. The first-order valence-electron chi connectivity index (χ1n) is 8.88. The summed E-state index contributed by atoms with van der Waals surface area (Å²) in [6.07, 6.45) is 4.54. The predicted molar refractivity (Wildman–Crippen MR) is 94.0 cm³/mol. The van der Waals surface area contributed by atoms with E-state index < -0.39 is 0 Å². The second-order valence-electron chi connectivity index (χ2n) is 6.68. The fourth-order valence-corrected chi connectivity index (χ4v) is 4.62. The molecule has 0 bridgehead atoms. The second kappa shape index (κ2) is 6.67. The van der Waals surface area contributed by atoms with Gasteiger partial charge in [-0.15, -0.1) is 5.10 Å². The van der Waals surface area contributed by atoms with Crippen molar-refractivity contribution in [2.75, 3.05) is 13.1 Å². The molecule has 0 N–H and O–H groups in total. The molecule has 0 aliphatic carbocycles. The molecule has 0 aromatic carbocycles. The van der Waals surface area contributed by atoms with E-state index in [0.717, 1.165) is 56.0 Å². The first-order valence-corrected chi connectivity index (χ1v) is 9.66. The number of aromatic nitrogens is 4. The van der Waals surface area contributed by atoms with E-state index in [1.165, 1.54) is 11.5 Å². The molecule has 2 aromatic rings. The van der Waals surface area contributed by atoms with Crippen LogP contribution in [0.25, 0.3) is 0 Å². The van der Waals surface area contributed by atoms with Crippen molar-refractivity contribution in [2.24, 2.45) is 0 Å². The van der Waals surface area contributed by atoms with Crippen LogP contribution in [0.1, 0.15) is 59.0 Å². The third-order valence-corrected chi connectivity index (χ3v) is 5.88. The van der Waals surface area contributed by atoms with E-state index in [9.17, 15) is 9.59 Å². The third kappa shape index (κ3) is 2.99. The molecule has 2 aliphatic rings. The Morgan fingerprint density at radius 3 is 3.08 bits per heavy atom. The van der Waals surface area contributed by atoms with Crippen LogP contribution in [-0.4, -0.2) is 43.0 Å². The fourth-order valence-electron chi connectivity index (χ4n) is 3.90. The molecule has 0 unspecified atom stereocenters. The van der Waals surface area contributed by atoms with E-state index in [-0.39, 0.29) is 17.4 Å². The number of hydrogen-bond donors (Lipinski definition) is 0. The summed E-state index contributed by atoms with van der Waals surface area (Å²) in [6, 6.07) is 1.67. The highest BCUT2D eigenvalue weighted by molar-refractivity contribution is 7.08. The van der Waals surface area contributed by atoms with Gasteiger partial charge in [-0.05, 0) is 37.2 Å². The van der Waals surface area contributed by atoms with Gasteiger partial charge in [0.15, 0.2) is 0 Å². The SMILES string of the molecule is CCc1nnsc1C(=O)N1CCC[C@@H](c2cc(=O)nc3n2CCC3)C1. The summed E-state index contributed by atoms with van der Waals surface area (Å²) in [5, 5.41) is 4.05. The van der Waals surface area contributed by atoms with Crippen LogP contribution < -0.4 is 5.56 Å². The molecule has 0 radical (unpaired) electrons. The number of rotatable bonds is 3. The summed E-state index contributed by atoms with van der Waals surface area (Å²) in [5.41, 5.74) is 1.66. The lowest BCUT2D eigenvalue weighted by molar-refractivity contribution is 0.0708. The molecule has 132 valence electrons. The van der Waals surface area contributed by atoms with Gasteiger partial charge in [-0.1, -0.05) is 11.4 Å². The maximum absolute atomic E-state index is 12.9.